The van der Waals surface area contributed by atoms with Crippen LogP contribution in [0.25, 0.3) is 0 Å². The Hall–Kier alpha value is -3.27. The molecule has 0 aromatic carbocycles. The molecule has 1 spiro atoms. The van der Waals surface area contributed by atoms with Gasteiger partial charge in [-0.15, -0.1) is 0 Å². The average Bonchev–Trinajstić information content (AvgIpc) is 3.28. The van der Waals surface area contributed by atoms with Gasteiger partial charge in [-0.05, 0) is 70.2 Å². The number of ether oxygens (including phenoxy) is 1. The van der Waals surface area contributed by atoms with Gasteiger partial charge >= 0.3 is 0 Å². The molecule has 1 atom stereocenters. The lowest BCUT2D eigenvalue weighted by Gasteiger charge is -2.53. The molecule has 2 amide bonds. The van der Waals surface area contributed by atoms with Crippen molar-refractivity contribution in [1.82, 2.24) is 25.2 Å². The Morgan fingerprint density at radius 2 is 1.89 bits per heavy atom. The van der Waals surface area contributed by atoms with Gasteiger partial charge in [-0.25, -0.2) is 9.97 Å². The van der Waals surface area contributed by atoms with Crippen LogP contribution in [0.2, 0.25) is 0 Å². The molecule has 1 aliphatic carbocycles. The minimum absolute atomic E-state index is 0.115. The maximum atomic E-state index is 14.0. The van der Waals surface area contributed by atoms with E-state index in [1.54, 1.807) is 12.4 Å². The van der Waals surface area contributed by atoms with E-state index >= 15 is 0 Å². The van der Waals surface area contributed by atoms with Crippen molar-refractivity contribution in [3.8, 4) is 5.75 Å². The smallest absolute Gasteiger partial charge is 0.244 e. The fourth-order valence-electron chi connectivity index (χ4n) is 6.42. The number of carbonyl (C=O) groups excluding carboxylic acids is 2. The Kier molecular flexibility index (Phi) is 6.67. The number of anilines is 3. The summed E-state index contributed by atoms with van der Waals surface area (Å²) < 4.78 is 5.90. The average molecular weight is 520 g/mol. The topological polar surface area (TPSA) is 113 Å². The molecule has 0 bridgehead atoms. The number of pyridine rings is 1. The third-order valence-electron chi connectivity index (χ3n) is 8.95. The van der Waals surface area contributed by atoms with Crippen molar-refractivity contribution in [1.29, 1.82) is 0 Å². The van der Waals surface area contributed by atoms with Gasteiger partial charge in [0.05, 0.1) is 6.20 Å². The van der Waals surface area contributed by atoms with Crippen LogP contribution in [0.5, 0.6) is 5.75 Å². The minimum Gasteiger partial charge on any atom is -0.491 e. The Morgan fingerprint density at radius 1 is 1.05 bits per heavy atom. The molecule has 3 aliphatic heterocycles. The Morgan fingerprint density at radius 3 is 2.55 bits per heavy atom. The highest BCUT2D eigenvalue weighted by Gasteiger charge is 2.59. The van der Waals surface area contributed by atoms with Crippen molar-refractivity contribution in [2.75, 3.05) is 43.0 Å². The molecule has 5 heterocycles. The van der Waals surface area contributed by atoms with E-state index in [-0.39, 0.29) is 17.4 Å². The van der Waals surface area contributed by atoms with Gasteiger partial charge < -0.3 is 15.4 Å². The van der Waals surface area contributed by atoms with Crippen LogP contribution in [0.15, 0.2) is 24.5 Å². The summed E-state index contributed by atoms with van der Waals surface area (Å²) in [5.41, 5.74) is -0.495. The molecule has 0 unspecified atom stereocenters. The molecule has 3 fully saturated rings. The normalized spacial score (nSPS) is 24.6. The molecule has 2 aromatic heterocycles. The van der Waals surface area contributed by atoms with E-state index in [2.05, 4.69) is 32.4 Å². The van der Waals surface area contributed by atoms with Crippen molar-refractivity contribution in [2.24, 2.45) is 5.41 Å². The van der Waals surface area contributed by atoms with Crippen LogP contribution in [0.3, 0.4) is 0 Å². The van der Waals surface area contributed by atoms with Gasteiger partial charge in [-0.3, -0.25) is 19.4 Å². The summed E-state index contributed by atoms with van der Waals surface area (Å²) in [6.07, 6.45) is 11.9. The summed E-state index contributed by atoms with van der Waals surface area (Å²) in [6.45, 7) is 6.52. The summed E-state index contributed by atoms with van der Waals surface area (Å²) >= 11 is 0. The van der Waals surface area contributed by atoms with Crippen LogP contribution < -0.4 is 20.3 Å². The lowest BCUT2D eigenvalue weighted by Crippen LogP contribution is -2.64. The number of hydrogen-bond acceptors (Lipinski definition) is 8. The van der Waals surface area contributed by atoms with Crippen LogP contribution in [0, 0.1) is 5.41 Å². The first-order chi connectivity index (χ1) is 18.5. The molecule has 38 heavy (non-hydrogen) atoms. The highest BCUT2D eigenvalue weighted by atomic mass is 16.5. The van der Waals surface area contributed by atoms with E-state index in [1.807, 2.05) is 17.0 Å². The molecule has 2 saturated heterocycles. The number of nitrogens with zero attached hydrogens (tertiary/aromatic N) is 5. The van der Waals surface area contributed by atoms with E-state index in [4.69, 9.17) is 9.72 Å². The minimum atomic E-state index is -1.05. The second-order valence-corrected chi connectivity index (χ2v) is 11.1. The van der Waals surface area contributed by atoms with E-state index in [0.29, 0.717) is 43.6 Å². The molecule has 6 rings (SSSR count). The molecule has 202 valence electrons. The van der Waals surface area contributed by atoms with E-state index in [9.17, 15) is 9.59 Å². The molecule has 4 aliphatic rings. The Labute approximate surface area is 223 Å². The molecular formula is C28H37N7O3. The number of aromatic nitrogens is 3. The number of hydrogen-bond donors (Lipinski definition) is 2. The summed E-state index contributed by atoms with van der Waals surface area (Å²) in [6, 6.07) is 3.74. The maximum absolute atomic E-state index is 14.0. The number of piperidine rings is 1. The van der Waals surface area contributed by atoms with Crippen molar-refractivity contribution < 1.29 is 14.3 Å². The third-order valence-corrected chi connectivity index (χ3v) is 8.95. The quantitative estimate of drug-likeness (QED) is 0.512. The van der Waals surface area contributed by atoms with E-state index < -0.39 is 5.41 Å². The second-order valence-electron chi connectivity index (χ2n) is 11.1. The number of rotatable bonds is 8. The molecule has 10 nitrogen and oxygen atoms in total. The number of likely N-dealkylation sites (tertiary alicyclic amines) is 1. The van der Waals surface area contributed by atoms with Gasteiger partial charge in [-0.1, -0.05) is 13.3 Å². The number of fused-ring (bicyclic) bond motifs is 1. The van der Waals surface area contributed by atoms with Gasteiger partial charge in [0.1, 0.15) is 29.4 Å². The first-order valence-electron chi connectivity index (χ1n) is 14.1. The maximum Gasteiger partial charge on any atom is 0.244 e. The second kappa shape index (κ2) is 10.1. The zero-order chi connectivity index (χ0) is 26.2. The van der Waals surface area contributed by atoms with Crippen LogP contribution in [-0.4, -0.2) is 70.0 Å². The lowest BCUT2D eigenvalue weighted by molar-refractivity contribution is -0.141. The number of amides is 2. The molecule has 0 radical (unpaired) electrons. The first kappa shape index (κ1) is 25.0. The molecule has 1 saturated carbocycles. The summed E-state index contributed by atoms with van der Waals surface area (Å²) in [5.74, 6) is 2.04. The van der Waals surface area contributed by atoms with Crippen LogP contribution in [0.4, 0.5) is 17.6 Å². The van der Waals surface area contributed by atoms with Gasteiger partial charge in [0.25, 0.3) is 0 Å². The van der Waals surface area contributed by atoms with Gasteiger partial charge in [0.15, 0.2) is 0 Å². The standard InChI is InChI=1S/C28H37N7O3/c1-2-27(9-6-10-27)35-23-20(17-28(25(35)37)11-12-29-24(28)36)18-31-26(33-23)32-22-8-7-21(19-30-22)38-16-15-34-13-4-3-5-14-34/h7-8,18-19H,2-6,9-17H2,1H3,(H,29,36)(H,30,31,32,33)/t28-/m1/s1. The number of carbonyl (C=O) groups is 2. The monoisotopic (exact) mass is 519 g/mol. The summed E-state index contributed by atoms with van der Waals surface area (Å²) in [4.78, 5) is 45.0. The van der Waals surface area contributed by atoms with Crippen molar-refractivity contribution >= 4 is 29.4 Å². The van der Waals surface area contributed by atoms with Gasteiger partial charge in [-0.2, -0.15) is 4.98 Å². The Bertz CT molecular complexity index is 1190. The van der Waals surface area contributed by atoms with Gasteiger partial charge in [0, 0.05) is 36.8 Å². The fraction of sp³-hybridized carbons (Fsp3) is 0.607. The highest BCUT2D eigenvalue weighted by Crippen LogP contribution is 2.50. The molecule has 10 heteroatoms. The number of nitrogens with one attached hydrogen (secondary N) is 2. The molecule has 2 aromatic rings. The predicted octanol–water partition coefficient (Wildman–Crippen LogP) is 3.21. The van der Waals surface area contributed by atoms with Crippen molar-refractivity contribution in [3.05, 3.63) is 30.1 Å². The summed E-state index contributed by atoms with van der Waals surface area (Å²) in [5, 5.41) is 6.07. The van der Waals surface area contributed by atoms with Crippen molar-refractivity contribution in [3.63, 3.8) is 0 Å². The van der Waals surface area contributed by atoms with Crippen LogP contribution >= 0.6 is 0 Å². The first-order valence-corrected chi connectivity index (χ1v) is 14.1. The highest BCUT2D eigenvalue weighted by molar-refractivity contribution is 6.15. The van der Waals surface area contributed by atoms with Crippen molar-refractivity contribution in [2.45, 2.75) is 70.3 Å². The molecule has 2 N–H and O–H groups in total. The largest absolute Gasteiger partial charge is 0.491 e. The third kappa shape index (κ3) is 4.38. The fourth-order valence-corrected chi connectivity index (χ4v) is 6.42. The SMILES string of the molecule is CCC1(N2C(=O)[C@]3(CCNC3=O)Cc3cnc(Nc4ccc(OCCN5CCCCC5)cn4)nc32)CCC1. The van der Waals surface area contributed by atoms with Gasteiger partial charge in [0.2, 0.25) is 17.8 Å². The van der Waals surface area contributed by atoms with Crippen LogP contribution in [-0.2, 0) is 16.0 Å². The lowest BCUT2D eigenvalue weighted by atomic mass is 9.69. The molecular weight excluding hydrogens is 482 g/mol. The van der Waals surface area contributed by atoms with Crippen LogP contribution in [0.1, 0.15) is 63.9 Å². The van der Waals surface area contributed by atoms with E-state index in [1.165, 1.54) is 19.3 Å². The summed E-state index contributed by atoms with van der Waals surface area (Å²) in [7, 11) is 0. The van der Waals surface area contributed by atoms with E-state index in [0.717, 1.165) is 56.6 Å². The Balaban J connectivity index is 1.18. The zero-order valence-corrected chi connectivity index (χ0v) is 22.2. The zero-order valence-electron chi connectivity index (χ0n) is 22.2. The predicted molar refractivity (Wildman–Crippen MR) is 143 cm³/mol.